The highest BCUT2D eigenvalue weighted by Gasteiger charge is 2.28. The summed E-state index contributed by atoms with van der Waals surface area (Å²) in [6.45, 7) is 3.72. The summed E-state index contributed by atoms with van der Waals surface area (Å²) in [7, 11) is 1.99. The van der Waals surface area contributed by atoms with Crippen molar-refractivity contribution in [3.63, 3.8) is 0 Å². The van der Waals surface area contributed by atoms with Crippen LogP contribution in [0.3, 0.4) is 0 Å². The van der Waals surface area contributed by atoms with E-state index in [2.05, 4.69) is 32.7 Å². The quantitative estimate of drug-likeness (QED) is 0.461. The van der Waals surface area contributed by atoms with Gasteiger partial charge in [0.05, 0.1) is 28.5 Å². The lowest BCUT2D eigenvalue weighted by atomic mass is 9.80. The largest absolute Gasteiger partial charge is 0.465 e. The summed E-state index contributed by atoms with van der Waals surface area (Å²) in [6.07, 6.45) is 4.31. The number of pyridine rings is 1. The van der Waals surface area contributed by atoms with Crippen LogP contribution in [0.15, 0.2) is 18.3 Å². The number of aromatic nitrogens is 4. The van der Waals surface area contributed by atoms with Crippen LogP contribution in [0, 0.1) is 18.3 Å². The van der Waals surface area contributed by atoms with Crippen LogP contribution in [-0.2, 0) is 7.05 Å². The number of hydrogen-bond acceptors (Lipinski definition) is 7. The second-order valence-corrected chi connectivity index (χ2v) is 8.66. The lowest BCUT2D eigenvalue weighted by Crippen LogP contribution is -2.36. The SMILES string of the molecule is Cc1nc(N)nc(NC(C)c2nc3ccn(C)c3cc2C2CCC(NC(=O)O)CC2)c1C#N. The molecule has 3 aromatic heterocycles. The summed E-state index contributed by atoms with van der Waals surface area (Å²) in [5.41, 5.74) is 10.7. The van der Waals surface area contributed by atoms with Crippen molar-refractivity contribution in [2.75, 3.05) is 11.1 Å². The number of amides is 1. The molecule has 10 nitrogen and oxygen atoms in total. The molecule has 4 rings (SSSR count). The lowest BCUT2D eigenvalue weighted by Gasteiger charge is -2.30. The van der Waals surface area contributed by atoms with Gasteiger partial charge in [-0.25, -0.2) is 14.8 Å². The minimum atomic E-state index is -0.975. The van der Waals surface area contributed by atoms with Crippen molar-refractivity contribution < 1.29 is 9.90 Å². The van der Waals surface area contributed by atoms with Gasteiger partial charge in [0.1, 0.15) is 17.5 Å². The number of carboxylic acid groups (broad SMARTS) is 1. The van der Waals surface area contributed by atoms with Crippen molar-refractivity contribution in [1.82, 2.24) is 24.8 Å². The second kappa shape index (κ2) is 8.94. The molecule has 0 aromatic carbocycles. The molecule has 10 heteroatoms. The van der Waals surface area contributed by atoms with Crippen LogP contribution in [0.1, 0.15) is 67.1 Å². The minimum Gasteiger partial charge on any atom is -0.465 e. The molecule has 0 radical (unpaired) electrons. The molecule has 1 saturated carbocycles. The Morgan fingerprint density at radius 1 is 1.30 bits per heavy atom. The fourth-order valence-corrected chi connectivity index (χ4v) is 4.72. The number of anilines is 2. The third kappa shape index (κ3) is 4.53. The Labute approximate surface area is 191 Å². The van der Waals surface area contributed by atoms with Crippen molar-refractivity contribution >= 4 is 28.9 Å². The van der Waals surface area contributed by atoms with Crippen molar-refractivity contribution in [3.05, 3.63) is 40.8 Å². The fourth-order valence-electron chi connectivity index (χ4n) is 4.72. The predicted octanol–water partition coefficient (Wildman–Crippen LogP) is 3.59. The number of carbonyl (C=O) groups is 1. The molecule has 0 aliphatic heterocycles. The van der Waals surface area contributed by atoms with Crippen LogP contribution < -0.4 is 16.4 Å². The Morgan fingerprint density at radius 3 is 2.70 bits per heavy atom. The molecule has 33 heavy (non-hydrogen) atoms. The van der Waals surface area contributed by atoms with E-state index in [0.29, 0.717) is 17.1 Å². The first-order chi connectivity index (χ1) is 15.8. The van der Waals surface area contributed by atoms with E-state index in [4.69, 9.17) is 15.8 Å². The van der Waals surface area contributed by atoms with Gasteiger partial charge in [-0.05, 0) is 63.1 Å². The molecule has 172 valence electrons. The van der Waals surface area contributed by atoms with Crippen LogP contribution in [0.5, 0.6) is 0 Å². The number of rotatable bonds is 5. The van der Waals surface area contributed by atoms with Gasteiger partial charge in [0.25, 0.3) is 0 Å². The number of nitrogens with two attached hydrogens (primary N) is 1. The highest BCUT2D eigenvalue weighted by Crippen LogP contribution is 2.38. The molecule has 1 amide bonds. The molecule has 1 fully saturated rings. The predicted molar refractivity (Wildman–Crippen MR) is 125 cm³/mol. The number of nitrogen functional groups attached to an aromatic ring is 1. The Bertz CT molecular complexity index is 1240. The maximum absolute atomic E-state index is 11.0. The zero-order valence-corrected chi connectivity index (χ0v) is 19.0. The van der Waals surface area contributed by atoms with Gasteiger partial charge in [0.15, 0.2) is 0 Å². The van der Waals surface area contributed by atoms with E-state index in [1.54, 1.807) is 6.92 Å². The third-order valence-electron chi connectivity index (χ3n) is 6.40. The molecule has 1 aliphatic carbocycles. The normalized spacial score (nSPS) is 19.1. The summed E-state index contributed by atoms with van der Waals surface area (Å²) in [6, 6.07) is 6.08. The Hall–Kier alpha value is -3.87. The fraction of sp³-hybridized carbons (Fsp3) is 0.435. The van der Waals surface area contributed by atoms with Crippen molar-refractivity contribution in [3.8, 4) is 6.07 Å². The van der Waals surface area contributed by atoms with Crippen LogP contribution in [0.4, 0.5) is 16.6 Å². The van der Waals surface area contributed by atoms with E-state index in [0.717, 1.165) is 48.0 Å². The average molecular weight is 449 g/mol. The second-order valence-electron chi connectivity index (χ2n) is 8.66. The van der Waals surface area contributed by atoms with Gasteiger partial charge in [-0.3, -0.25) is 0 Å². The van der Waals surface area contributed by atoms with Gasteiger partial charge in [-0.1, -0.05) is 0 Å². The smallest absolute Gasteiger partial charge is 0.404 e. The Kier molecular flexibility index (Phi) is 6.05. The van der Waals surface area contributed by atoms with Crippen molar-refractivity contribution in [2.24, 2.45) is 7.05 Å². The zero-order valence-electron chi connectivity index (χ0n) is 19.0. The van der Waals surface area contributed by atoms with Gasteiger partial charge in [0.2, 0.25) is 5.95 Å². The van der Waals surface area contributed by atoms with E-state index in [-0.39, 0.29) is 23.9 Å². The molecule has 0 saturated heterocycles. The van der Waals surface area contributed by atoms with E-state index >= 15 is 0 Å². The molecule has 3 aromatic rings. The summed E-state index contributed by atoms with van der Waals surface area (Å²) < 4.78 is 2.05. The molecule has 5 N–H and O–H groups in total. The Morgan fingerprint density at radius 2 is 2.03 bits per heavy atom. The van der Waals surface area contributed by atoms with Gasteiger partial charge in [0, 0.05) is 19.3 Å². The van der Waals surface area contributed by atoms with Crippen LogP contribution in [0.2, 0.25) is 0 Å². The molecular formula is C23H28N8O2. The van der Waals surface area contributed by atoms with Crippen LogP contribution >= 0.6 is 0 Å². The highest BCUT2D eigenvalue weighted by molar-refractivity contribution is 5.77. The van der Waals surface area contributed by atoms with Gasteiger partial charge in [-0.15, -0.1) is 0 Å². The van der Waals surface area contributed by atoms with E-state index in [1.165, 1.54) is 0 Å². The number of aryl methyl sites for hydroxylation is 2. The molecule has 0 spiro atoms. The maximum atomic E-state index is 11.0. The van der Waals surface area contributed by atoms with Crippen molar-refractivity contribution in [2.45, 2.75) is 57.5 Å². The summed E-state index contributed by atoms with van der Waals surface area (Å²) in [5.74, 6) is 0.762. The molecule has 1 atom stereocenters. The first-order valence-corrected chi connectivity index (χ1v) is 11.0. The summed E-state index contributed by atoms with van der Waals surface area (Å²) >= 11 is 0. The van der Waals surface area contributed by atoms with Crippen LogP contribution in [0.25, 0.3) is 11.0 Å². The Balaban J connectivity index is 1.69. The minimum absolute atomic E-state index is 0.0189. The van der Waals surface area contributed by atoms with Crippen molar-refractivity contribution in [1.29, 1.82) is 5.26 Å². The third-order valence-corrected chi connectivity index (χ3v) is 6.40. The number of nitrogens with zero attached hydrogens (tertiary/aromatic N) is 5. The molecule has 3 heterocycles. The van der Waals surface area contributed by atoms with E-state index in [9.17, 15) is 10.1 Å². The lowest BCUT2D eigenvalue weighted by molar-refractivity contribution is 0.185. The summed E-state index contributed by atoms with van der Waals surface area (Å²) in [4.78, 5) is 24.3. The number of hydrogen-bond donors (Lipinski definition) is 4. The number of fused-ring (bicyclic) bond motifs is 1. The molecule has 0 bridgehead atoms. The van der Waals surface area contributed by atoms with E-state index in [1.807, 2.05) is 30.8 Å². The number of nitriles is 1. The van der Waals surface area contributed by atoms with Gasteiger partial charge < -0.3 is 26.0 Å². The average Bonchev–Trinajstić information content (AvgIpc) is 3.12. The summed E-state index contributed by atoms with van der Waals surface area (Å²) in [5, 5.41) is 24.6. The topological polar surface area (TPSA) is 155 Å². The maximum Gasteiger partial charge on any atom is 0.404 e. The van der Waals surface area contributed by atoms with E-state index < -0.39 is 6.09 Å². The zero-order chi connectivity index (χ0) is 23.7. The van der Waals surface area contributed by atoms with Gasteiger partial charge in [-0.2, -0.15) is 10.2 Å². The highest BCUT2D eigenvalue weighted by atomic mass is 16.4. The standard InChI is InChI=1S/C23H28N8O2/c1-12-17(11-24)21(30-22(25)27-12)26-13(2)20-16(10-19-18(29-20)8-9-31(19)3)14-4-6-15(7-5-14)28-23(32)33/h8-10,13-15,28H,4-7H2,1-3H3,(H,32,33)(H3,25,26,27,30). The molecular weight excluding hydrogens is 420 g/mol. The molecule has 1 unspecified atom stereocenters. The molecule has 1 aliphatic rings. The first kappa shape index (κ1) is 22.3. The van der Waals surface area contributed by atoms with Crippen LogP contribution in [-0.4, -0.2) is 36.8 Å². The monoisotopic (exact) mass is 448 g/mol. The number of nitrogens with one attached hydrogen (secondary N) is 2. The first-order valence-electron chi connectivity index (χ1n) is 11.0. The van der Waals surface area contributed by atoms with Gasteiger partial charge >= 0.3 is 6.09 Å².